The van der Waals surface area contributed by atoms with E-state index in [9.17, 15) is 0 Å². The first-order chi connectivity index (χ1) is 7.67. The largest absolute Gasteiger partial charge is 0.500 e. The topological polar surface area (TPSA) is 75.3 Å². The van der Waals surface area contributed by atoms with Gasteiger partial charge in [-0.25, -0.2) is 0 Å². The van der Waals surface area contributed by atoms with E-state index in [0.717, 1.165) is 23.5 Å². The van der Waals surface area contributed by atoms with E-state index in [1.807, 2.05) is 10.8 Å². The van der Waals surface area contributed by atoms with Gasteiger partial charge in [-0.1, -0.05) is 0 Å². The van der Waals surface area contributed by atoms with Gasteiger partial charge in [0.15, 0.2) is 0 Å². The lowest BCUT2D eigenvalue weighted by Gasteiger charge is -2.25. The van der Waals surface area contributed by atoms with Crippen molar-refractivity contribution >= 4 is 32.3 Å². The summed E-state index contributed by atoms with van der Waals surface area (Å²) < 4.78 is 15.7. The molecule has 0 heterocycles. The Morgan fingerprint density at radius 2 is 1.50 bits per heavy atom. The van der Waals surface area contributed by atoms with Gasteiger partial charge in [0, 0.05) is 27.4 Å². The van der Waals surface area contributed by atoms with Crippen LogP contribution in [-0.2, 0) is 13.3 Å². The van der Waals surface area contributed by atoms with Crippen LogP contribution in [0.15, 0.2) is 0 Å². The van der Waals surface area contributed by atoms with Gasteiger partial charge >= 0.3 is 8.80 Å². The molecule has 0 aliphatic carbocycles. The SMILES string of the molecule is CO[Si](CCC(SC#N)SC#N)(OC)OC. The Morgan fingerprint density at radius 3 is 1.81 bits per heavy atom. The molecule has 0 saturated heterocycles. The van der Waals surface area contributed by atoms with E-state index in [4.69, 9.17) is 23.8 Å². The number of hydrogen-bond acceptors (Lipinski definition) is 7. The number of nitriles is 2. The van der Waals surface area contributed by atoms with Gasteiger partial charge < -0.3 is 13.3 Å². The first-order valence-corrected chi connectivity index (χ1v) is 8.12. The summed E-state index contributed by atoms with van der Waals surface area (Å²) in [7, 11) is 2.05. The molecule has 0 saturated carbocycles. The minimum Gasteiger partial charge on any atom is -0.377 e. The van der Waals surface area contributed by atoms with Crippen molar-refractivity contribution < 1.29 is 13.3 Å². The summed E-state index contributed by atoms with van der Waals surface area (Å²) in [5, 5.41) is 21.1. The minimum absolute atomic E-state index is 0.0951. The van der Waals surface area contributed by atoms with Gasteiger partial charge in [-0.15, -0.1) is 0 Å². The second kappa shape index (κ2) is 8.88. The van der Waals surface area contributed by atoms with Gasteiger partial charge in [0.1, 0.15) is 10.8 Å². The van der Waals surface area contributed by atoms with Crippen LogP contribution in [0.1, 0.15) is 6.42 Å². The second-order valence-corrected chi connectivity index (χ2v) is 8.05. The molecule has 0 aliphatic rings. The molecule has 0 rings (SSSR count). The van der Waals surface area contributed by atoms with E-state index in [0.29, 0.717) is 12.5 Å². The zero-order chi connectivity index (χ0) is 12.4. The van der Waals surface area contributed by atoms with Crippen LogP contribution < -0.4 is 0 Å². The molecule has 90 valence electrons. The Balaban J connectivity index is 4.27. The highest BCUT2D eigenvalue weighted by Crippen LogP contribution is 2.29. The summed E-state index contributed by atoms with van der Waals surface area (Å²) in [5.74, 6) is 0. The Labute approximate surface area is 105 Å². The third kappa shape index (κ3) is 5.21. The molecule has 0 unspecified atom stereocenters. The maximum absolute atomic E-state index is 8.57. The van der Waals surface area contributed by atoms with Crippen molar-refractivity contribution in [2.24, 2.45) is 0 Å². The molecule has 0 aromatic carbocycles. The van der Waals surface area contributed by atoms with Gasteiger partial charge in [-0.3, -0.25) is 0 Å². The van der Waals surface area contributed by atoms with E-state index in [1.54, 1.807) is 21.3 Å². The number of thioether (sulfide) groups is 2. The summed E-state index contributed by atoms with van der Waals surface area (Å²) in [4.78, 5) is 0. The fraction of sp³-hybridized carbons (Fsp3) is 0.750. The lowest BCUT2D eigenvalue weighted by molar-refractivity contribution is 0.123. The highest BCUT2D eigenvalue weighted by Gasteiger charge is 2.38. The summed E-state index contributed by atoms with van der Waals surface area (Å²) in [5.41, 5.74) is 0. The maximum atomic E-state index is 8.57. The van der Waals surface area contributed by atoms with E-state index in [2.05, 4.69) is 0 Å². The van der Waals surface area contributed by atoms with Crippen molar-refractivity contribution in [3.8, 4) is 10.8 Å². The zero-order valence-corrected chi connectivity index (χ0v) is 12.1. The van der Waals surface area contributed by atoms with Crippen molar-refractivity contribution in [3.63, 3.8) is 0 Å². The van der Waals surface area contributed by atoms with Gasteiger partial charge in [-0.2, -0.15) is 10.5 Å². The van der Waals surface area contributed by atoms with Crippen LogP contribution in [0.2, 0.25) is 6.04 Å². The molecular weight excluding hydrogens is 264 g/mol. The third-order valence-corrected chi connectivity index (χ3v) is 6.54. The fourth-order valence-electron chi connectivity index (χ4n) is 1.11. The van der Waals surface area contributed by atoms with Crippen LogP contribution in [0.5, 0.6) is 0 Å². The zero-order valence-electron chi connectivity index (χ0n) is 9.43. The van der Waals surface area contributed by atoms with Crippen LogP contribution in [0.3, 0.4) is 0 Å². The van der Waals surface area contributed by atoms with Gasteiger partial charge in [-0.05, 0) is 29.9 Å². The molecule has 0 radical (unpaired) electrons. The van der Waals surface area contributed by atoms with Crippen molar-refractivity contribution in [1.29, 1.82) is 10.5 Å². The molecule has 0 spiro atoms. The van der Waals surface area contributed by atoms with E-state index < -0.39 is 8.80 Å². The van der Waals surface area contributed by atoms with Crippen molar-refractivity contribution in [3.05, 3.63) is 0 Å². The fourth-order valence-corrected chi connectivity index (χ4v) is 4.44. The third-order valence-electron chi connectivity index (χ3n) is 1.99. The Morgan fingerprint density at radius 1 is 1.06 bits per heavy atom. The Kier molecular flexibility index (Phi) is 8.75. The van der Waals surface area contributed by atoms with Crippen LogP contribution >= 0.6 is 23.5 Å². The van der Waals surface area contributed by atoms with E-state index >= 15 is 0 Å². The molecule has 0 amide bonds. The monoisotopic (exact) mass is 278 g/mol. The molecule has 16 heavy (non-hydrogen) atoms. The lowest BCUT2D eigenvalue weighted by atomic mass is 10.6. The molecule has 5 nitrogen and oxygen atoms in total. The van der Waals surface area contributed by atoms with Gasteiger partial charge in [0.2, 0.25) is 0 Å². The summed E-state index contributed by atoms with van der Waals surface area (Å²) in [6, 6.07) is 0.588. The predicted molar refractivity (Wildman–Crippen MR) is 66.4 cm³/mol. The summed E-state index contributed by atoms with van der Waals surface area (Å²) >= 11 is 2.15. The second-order valence-electron chi connectivity index (χ2n) is 2.68. The highest BCUT2D eigenvalue weighted by molar-refractivity contribution is 8.21. The molecule has 0 atom stereocenters. The smallest absolute Gasteiger partial charge is 0.377 e. The predicted octanol–water partition coefficient (Wildman–Crippen LogP) is 2.01. The van der Waals surface area contributed by atoms with Crippen molar-refractivity contribution in [1.82, 2.24) is 0 Å². The molecule has 0 N–H and O–H groups in total. The number of rotatable bonds is 8. The molecule has 0 aromatic rings. The Bertz CT molecular complexity index is 251. The van der Waals surface area contributed by atoms with Crippen LogP contribution in [0.4, 0.5) is 0 Å². The standard InChI is InChI=1S/C8H14N2O3S2Si/c1-11-16(12-2,13-3)5-4-8(14-6-9)15-7-10/h8H,4-5H2,1-3H3. The van der Waals surface area contributed by atoms with Crippen molar-refractivity contribution in [2.45, 2.75) is 17.0 Å². The van der Waals surface area contributed by atoms with Gasteiger partial charge in [0.05, 0.1) is 4.58 Å². The quantitative estimate of drug-likeness (QED) is 0.382. The maximum Gasteiger partial charge on any atom is 0.500 e. The van der Waals surface area contributed by atoms with Crippen LogP contribution in [-0.4, -0.2) is 34.7 Å². The molecule has 8 heteroatoms. The van der Waals surface area contributed by atoms with Crippen LogP contribution in [0, 0.1) is 21.3 Å². The average molecular weight is 278 g/mol. The van der Waals surface area contributed by atoms with Gasteiger partial charge in [0.25, 0.3) is 0 Å². The van der Waals surface area contributed by atoms with E-state index in [-0.39, 0.29) is 4.58 Å². The lowest BCUT2D eigenvalue weighted by Crippen LogP contribution is -2.43. The molecule has 0 bridgehead atoms. The number of thiocyanates is 2. The molecule has 0 aliphatic heterocycles. The number of hydrogen-bond donors (Lipinski definition) is 0. The minimum atomic E-state index is -2.58. The van der Waals surface area contributed by atoms with Crippen molar-refractivity contribution in [2.75, 3.05) is 21.3 Å². The van der Waals surface area contributed by atoms with Crippen LogP contribution in [0.25, 0.3) is 0 Å². The normalized spacial score (nSPS) is 11.1. The molecule has 0 aromatic heterocycles. The Hall–Kier alpha value is -0.223. The average Bonchev–Trinajstić information content (AvgIpc) is 2.32. The van der Waals surface area contributed by atoms with E-state index in [1.165, 1.54) is 0 Å². The summed E-state index contributed by atoms with van der Waals surface area (Å²) in [6.45, 7) is 0. The first-order valence-electron chi connectivity index (χ1n) is 4.43. The molecular formula is C8H14N2O3S2Si. The highest BCUT2D eigenvalue weighted by atomic mass is 32.2. The number of nitrogens with zero attached hydrogens (tertiary/aromatic N) is 2. The first kappa shape index (κ1) is 15.8. The summed E-state index contributed by atoms with van der Waals surface area (Å²) in [6.07, 6.45) is 0.637. The molecule has 0 fully saturated rings.